The van der Waals surface area contributed by atoms with E-state index in [2.05, 4.69) is 36.9 Å². The first-order chi connectivity index (χ1) is 9.13. The molecular weight excluding hydrogens is 240 g/mol. The fourth-order valence-electron chi connectivity index (χ4n) is 2.63. The number of carbonyl (C=O) groups excluding carboxylic acids is 1. The van der Waals surface area contributed by atoms with Crippen molar-refractivity contribution in [2.75, 3.05) is 37.7 Å². The zero-order valence-corrected chi connectivity index (χ0v) is 12.0. The van der Waals surface area contributed by atoms with Gasteiger partial charge in [-0.2, -0.15) is 0 Å². The summed E-state index contributed by atoms with van der Waals surface area (Å²) in [5, 5.41) is 0. The van der Waals surface area contributed by atoms with Gasteiger partial charge in [-0.05, 0) is 31.9 Å². The van der Waals surface area contributed by atoms with Crippen LogP contribution in [0.1, 0.15) is 18.1 Å². The van der Waals surface area contributed by atoms with Gasteiger partial charge in [0.15, 0.2) is 0 Å². The van der Waals surface area contributed by atoms with Gasteiger partial charge in [0, 0.05) is 31.9 Å². The molecule has 1 saturated heterocycles. The lowest BCUT2D eigenvalue weighted by Gasteiger charge is -2.36. The van der Waals surface area contributed by atoms with Crippen LogP contribution in [0.25, 0.3) is 0 Å². The molecule has 1 heterocycles. The lowest BCUT2D eigenvalue weighted by Crippen LogP contribution is -2.49. The summed E-state index contributed by atoms with van der Waals surface area (Å²) in [4.78, 5) is 15.8. The molecular formula is C15H22N2O2. The molecule has 0 aliphatic carbocycles. The third-order valence-electron chi connectivity index (χ3n) is 3.56. The second kappa shape index (κ2) is 5.95. The summed E-state index contributed by atoms with van der Waals surface area (Å²) < 4.78 is 5.04. The number of amides is 1. The van der Waals surface area contributed by atoms with Crippen LogP contribution >= 0.6 is 0 Å². The minimum atomic E-state index is -0.191. The van der Waals surface area contributed by atoms with Crippen molar-refractivity contribution in [3.05, 3.63) is 29.3 Å². The number of ether oxygens (including phenoxy) is 1. The normalized spacial score (nSPS) is 15.5. The van der Waals surface area contributed by atoms with E-state index in [-0.39, 0.29) is 6.09 Å². The van der Waals surface area contributed by atoms with Gasteiger partial charge in [-0.3, -0.25) is 0 Å². The number of para-hydroxylation sites is 1. The molecule has 0 unspecified atom stereocenters. The van der Waals surface area contributed by atoms with Gasteiger partial charge in [0.25, 0.3) is 0 Å². The number of hydrogen-bond donors (Lipinski definition) is 0. The summed E-state index contributed by atoms with van der Waals surface area (Å²) in [5.41, 5.74) is 3.90. The highest BCUT2D eigenvalue weighted by molar-refractivity contribution is 5.68. The van der Waals surface area contributed by atoms with E-state index >= 15 is 0 Å². The second-order valence-electron chi connectivity index (χ2n) is 4.91. The highest BCUT2D eigenvalue weighted by atomic mass is 16.6. The highest BCUT2D eigenvalue weighted by Crippen LogP contribution is 2.25. The van der Waals surface area contributed by atoms with E-state index in [0.29, 0.717) is 6.61 Å². The van der Waals surface area contributed by atoms with Crippen molar-refractivity contribution in [1.82, 2.24) is 4.90 Å². The van der Waals surface area contributed by atoms with Crippen LogP contribution in [0.2, 0.25) is 0 Å². The van der Waals surface area contributed by atoms with Crippen LogP contribution in [-0.4, -0.2) is 43.8 Å². The molecule has 1 aromatic rings. The Morgan fingerprint density at radius 1 is 1.16 bits per heavy atom. The van der Waals surface area contributed by atoms with Crippen molar-refractivity contribution >= 4 is 11.8 Å². The van der Waals surface area contributed by atoms with Crippen LogP contribution in [0.4, 0.5) is 10.5 Å². The van der Waals surface area contributed by atoms with E-state index in [0.717, 1.165) is 26.2 Å². The van der Waals surface area contributed by atoms with E-state index < -0.39 is 0 Å². The van der Waals surface area contributed by atoms with Crippen LogP contribution in [-0.2, 0) is 4.74 Å². The van der Waals surface area contributed by atoms with Crippen molar-refractivity contribution in [3.8, 4) is 0 Å². The monoisotopic (exact) mass is 262 g/mol. The van der Waals surface area contributed by atoms with E-state index in [4.69, 9.17) is 4.74 Å². The van der Waals surface area contributed by atoms with Gasteiger partial charge in [-0.1, -0.05) is 18.2 Å². The van der Waals surface area contributed by atoms with E-state index in [1.807, 2.05) is 6.92 Å². The summed E-state index contributed by atoms with van der Waals surface area (Å²) in [6, 6.07) is 6.36. The van der Waals surface area contributed by atoms with E-state index in [9.17, 15) is 4.79 Å². The number of carbonyl (C=O) groups is 1. The van der Waals surface area contributed by atoms with Crippen LogP contribution < -0.4 is 4.90 Å². The highest BCUT2D eigenvalue weighted by Gasteiger charge is 2.23. The Labute approximate surface area is 115 Å². The van der Waals surface area contributed by atoms with Gasteiger partial charge in [0.2, 0.25) is 0 Å². The van der Waals surface area contributed by atoms with Crippen molar-refractivity contribution in [2.45, 2.75) is 20.8 Å². The molecule has 104 valence electrons. The molecule has 0 radical (unpaired) electrons. The lowest BCUT2D eigenvalue weighted by molar-refractivity contribution is 0.105. The molecule has 1 amide bonds. The quantitative estimate of drug-likeness (QED) is 0.821. The maximum Gasteiger partial charge on any atom is 0.409 e. The Hall–Kier alpha value is -1.71. The average molecular weight is 262 g/mol. The maximum atomic E-state index is 11.7. The van der Waals surface area contributed by atoms with Crippen LogP contribution in [0.5, 0.6) is 0 Å². The maximum absolute atomic E-state index is 11.7. The van der Waals surface area contributed by atoms with Gasteiger partial charge < -0.3 is 14.5 Å². The Kier molecular flexibility index (Phi) is 4.30. The minimum Gasteiger partial charge on any atom is -0.450 e. The number of aryl methyl sites for hydroxylation is 2. The molecule has 0 bridgehead atoms. The van der Waals surface area contributed by atoms with Gasteiger partial charge in [-0.15, -0.1) is 0 Å². The standard InChI is InChI=1S/C15H22N2O2/c1-4-19-15(18)17-10-8-16(9-11-17)14-12(2)6-5-7-13(14)3/h5-7H,4,8-11H2,1-3H3. The van der Waals surface area contributed by atoms with Crippen LogP contribution in [0.15, 0.2) is 18.2 Å². The van der Waals surface area contributed by atoms with Crippen molar-refractivity contribution in [2.24, 2.45) is 0 Å². The Bertz CT molecular complexity index is 431. The molecule has 1 aromatic carbocycles. The number of nitrogens with zero attached hydrogens (tertiary/aromatic N) is 2. The number of hydrogen-bond acceptors (Lipinski definition) is 3. The molecule has 2 rings (SSSR count). The third-order valence-corrected chi connectivity index (χ3v) is 3.56. The molecule has 0 aromatic heterocycles. The fraction of sp³-hybridized carbons (Fsp3) is 0.533. The number of benzene rings is 1. The van der Waals surface area contributed by atoms with Gasteiger partial charge in [0.1, 0.15) is 0 Å². The van der Waals surface area contributed by atoms with Crippen LogP contribution in [0, 0.1) is 13.8 Å². The molecule has 0 spiro atoms. The van der Waals surface area contributed by atoms with Crippen molar-refractivity contribution < 1.29 is 9.53 Å². The molecule has 0 atom stereocenters. The molecule has 0 saturated carbocycles. The largest absolute Gasteiger partial charge is 0.450 e. The number of anilines is 1. The molecule has 1 aliphatic heterocycles. The zero-order valence-electron chi connectivity index (χ0n) is 12.0. The van der Waals surface area contributed by atoms with Crippen LogP contribution in [0.3, 0.4) is 0 Å². The van der Waals surface area contributed by atoms with Gasteiger partial charge in [0.05, 0.1) is 6.61 Å². The molecule has 1 fully saturated rings. The van der Waals surface area contributed by atoms with Gasteiger partial charge in [-0.25, -0.2) is 4.79 Å². The second-order valence-corrected chi connectivity index (χ2v) is 4.91. The summed E-state index contributed by atoms with van der Waals surface area (Å²) in [6.07, 6.45) is -0.191. The zero-order chi connectivity index (χ0) is 13.8. The summed E-state index contributed by atoms with van der Waals surface area (Å²) in [7, 11) is 0. The lowest BCUT2D eigenvalue weighted by atomic mass is 10.1. The van der Waals surface area contributed by atoms with E-state index in [1.54, 1.807) is 4.90 Å². The summed E-state index contributed by atoms with van der Waals surface area (Å²) in [6.45, 7) is 9.75. The number of rotatable bonds is 2. The first kappa shape index (κ1) is 13.7. The SMILES string of the molecule is CCOC(=O)N1CCN(c2c(C)cccc2C)CC1. The predicted octanol–water partition coefficient (Wildman–Crippen LogP) is 2.58. The third kappa shape index (κ3) is 3.00. The number of piperazine rings is 1. The molecule has 4 heteroatoms. The topological polar surface area (TPSA) is 32.8 Å². The molecule has 0 N–H and O–H groups in total. The Balaban J connectivity index is 2.02. The first-order valence-corrected chi connectivity index (χ1v) is 6.86. The van der Waals surface area contributed by atoms with E-state index in [1.165, 1.54) is 16.8 Å². The van der Waals surface area contributed by atoms with Crippen molar-refractivity contribution in [3.63, 3.8) is 0 Å². The fourth-order valence-corrected chi connectivity index (χ4v) is 2.63. The smallest absolute Gasteiger partial charge is 0.409 e. The Morgan fingerprint density at radius 3 is 2.26 bits per heavy atom. The summed E-state index contributed by atoms with van der Waals surface area (Å²) in [5.74, 6) is 0. The Morgan fingerprint density at radius 2 is 1.74 bits per heavy atom. The minimum absolute atomic E-state index is 0.191. The van der Waals surface area contributed by atoms with Gasteiger partial charge >= 0.3 is 6.09 Å². The molecule has 19 heavy (non-hydrogen) atoms. The molecule has 1 aliphatic rings. The average Bonchev–Trinajstić information content (AvgIpc) is 2.39. The predicted molar refractivity (Wildman–Crippen MR) is 76.7 cm³/mol. The molecule has 4 nitrogen and oxygen atoms in total. The van der Waals surface area contributed by atoms with Crippen molar-refractivity contribution in [1.29, 1.82) is 0 Å². The first-order valence-electron chi connectivity index (χ1n) is 6.86. The summed E-state index contributed by atoms with van der Waals surface area (Å²) >= 11 is 0.